The Bertz CT molecular complexity index is 1380. The maximum absolute atomic E-state index is 13.3. The summed E-state index contributed by atoms with van der Waals surface area (Å²) < 4.78 is 17.4. The van der Waals surface area contributed by atoms with Gasteiger partial charge in [-0.1, -0.05) is 29.8 Å². The van der Waals surface area contributed by atoms with Crippen molar-refractivity contribution in [3.05, 3.63) is 99.9 Å². The molecule has 0 spiro atoms. The molecule has 0 radical (unpaired) electrons. The molecule has 0 aliphatic carbocycles. The molecular formula is C31H31ClN2O4S. The van der Waals surface area contributed by atoms with Crippen molar-refractivity contribution in [2.75, 3.05) is 20.3 Å². The molecule has 0 aromatic heterocycles. The number of hydrogen-bond donors (Lipinski definition) is 0. The minimum atomic E-state index is -0.0824. The summed E-state index contributed by atoms with van der Waals surface area (Å²) >= 11 is 7.38. The summed E-state index contributed by atoms with van der Waals surface area (Å²) in [7, 11) is 1.62. The molecule has 8 heteroatoms. The number of allylic oxidation sites excluding steroid dienone is 1. The highest BCUT2D eigenvalue weighted by molar-refractivity contribution is 8.18. The van der Waals surface area contributed by atoms with Crippen LogP contribution in [-0.4, -0.2) is 36.2 Å². The van der Waals surface area contributed by atoms with E-state index in [1.54, 1.807) is 12.0 Å². The predicted molar refractivity (Wildman–Crippen MR) is 160 cm³/mol. The quantitative estimate of drug-likeness (QED) is 0.177. The third-order valence-corrected chi connectivity index (χ3v) is 7.17. The SMILES string of the molecule is C=CCc1cc(/C=C2/SC(=Nc3ccc(OC)cc3)N(CC)C2=O)cc(OCC)c1OCc1ccc(Cl)cc1. The van der Waals surface area contributed by atoms with Gasteiger partial charge in [-0.15, -0.1) is 6.58 Å². The van der Waals surface area contributed by atoms with Crippen LogP contribution in [0.15, 0.2) is 83.2 Å². The number of likely N-dealkylation sites (N-methyl/N-ethyl adjacent to an activating group) is 1. The van der Waals surface area contributed by atoms with Gasteiger partial charge in [0.05, 0.1) is 24.3 Å². The number of nitrogens with zero attached hydrogens (tertiary/aromatic N) is 2. The lowest BCUT2D eigenvalue weighted by Gasteiger charge is -2.17. The summed E-state index contributed by atoms with van der Waals surface area (Å²) in [6.07, 6.45) is 4.29. The van der Waals surface area contributed by atoms with Crippen molar-refractivity contribution < 1.29 is 19.0 Å². The Morgan fingerprint density at radius 1 is 1.05 bits per heavy atom. The van der Waals surface area contributed by atoms with Crippen molar-refractivity contribution in [2.24, 2.45) is 4.99 Å². The summed E-state index contributed by atoms with van der Waals surface area (Å²) in [5.74, 6) is 1.95. The Hall–Kier alpha value is -3.68. The fourth-order valence-corrected chi connectivity index (χ4v) is 5.21. The lowest BCUT2D eigenvalue weighted by Crippen LogP contribution is -2.28. The molecule has 1 heterocycles. The molecule has 0 saturated carbocycles. The first-order chi connectivity index (χ1) is 18.9. The van der Waals surface area contributed by atoms with Gasteiger partial charge in [0.15, 0.2) is 16.7 Å². The molecule has 1 fully saturated rings. The van der Waals surface area contributed by atoms with E-state index in [9.17, 15) is 4.79 Å². The first-order valence-electron chi connectivity index (χ1n) is 12.7. The van der Waals surface area contributed by atoms with E-state index in [1.165, 1.54) is 11.8 Å². The summed E-state index contributed by atoms with van der Waals surface area (Å²) in [6, 6.07) is 18.9. The van der Waals surface area contributed by atoms with E-state index >= 15 is 0 Å². The Morgan fingerprint density at radius 2 is 1.79 bits per heavy atom. The number of amides is 1. The number of rotatable bonds is 11. The molecule has 6 nitrogen and oxygen atoms in total. The topological polar surface area (TPSA) is 60.4 Å². The molecule has 39 heavy (non-hydrogen) atoms. The van der Waals surface area contributed by atoms with Gasteiger partial charge in [0, 0.05) is 17.1 Å². The fourth-order valence-electron chi connectivity index (χ4n) is 4.03. The molecule has 1 aliphatic rings. The van der Waals surface area contributed by atoms with E-state index in [4.69, 9.17) is 30.8 Å². The maximum Gasteiger partial charge on any atom is 0.266 e. The van der Waals surface area contributed by atoms with Crippen LogP contribution in [-0.2, 0) is 17.8 Å². The van der Waals surface area contributed by atoms with Crippen LogP contribution in [0.2, 0.25) is 5.02 Å². The van der Waals surface area contributed by atoms with Crippen molar-refractivity contribution in [3.8, 4) is 17.2 Å². The zero-order chi connectivity index (χ0) is 27.8. The molecule has 0 bridgehead atoms. The minimum absolute atomic E-state index is 0.0824. The van der Waals surface area contributed by atoms with E-state index in [0.717, 1.165) is 28.1 Å². The van der Waals surface area contributed by atoms with Crippen molar-refractivity contribution in [3.63, 3.8) is 0 Å². The minimum Gasteiger partial charge on any atom is -0.497 e. The lowest BCUT2D eigenvalue weighted by molar-refractivity contribution is -0.122. The van der Waals surface area contributed by atoms with Crippen LogP contribution in [0.3, 0.4) is 0 Å². The van der Waals surface area contributed by atoms with Gasteiger partial charge in [-0.2, -0.15) is 0 Å². The van der Waals surface area contributed by atoms with Crippen molar-refractivity contribution in [1.29, 1.82) is 0 Å². The number of amidine groups is 1. The molecule has 0 atom stereocenters. The van der Waals surface area contributed by atoms with Crippen LogP contribution >= 0.6 is 23.4 Å². The molecule has 1 amide bonds. The number of benzene rings is 3. The Kier molecular flexibility index (Phi) is 9.74. The van der Waals surface area contributed by atoms with Crippen LogP contribution in [0.5, 0.6) is 17.2 Å². The lowest BCUT2D eigenvalue weighted by atomic mass is 10.0. The van der Waals surface area contributed by atoms with Gasteiger partial charge in [-0.05, 0) is 97.8 Å². The molecule has 0 unspecified atom stereocenters. The summed E-state index contributed by atoms with van der Waals surface area (Å²) in [6.45, 7) is 9.14. The van der Waals surface area contributed by atoms with Gasteiger partial charge >= 0.3 is 0 Å². The van der Waals surface area contributed by atoms with Crippen LogP contribution < -0.4 is 14.2 Å². The first-order valence-corrected chi connectivity index (χ1v) is 13.9. The monoisotopic (exact) mass is 562 g/mol. The Balaban J connectivity index is 1.65. The van der Waals surface area contributed by atoms with Crippen molar-refractivity contribution >= 4 is 46.2 Å². The van der Waals surface area contributed by atoms with Gasteiger partial charge in [-0.25, -0.2) is 4.99 Å². The number of methoxy groups -OCH3 is 1. The molecule has 202 valence electrons. The van der Waals surface area contributed by atoms with Crippen molar-refractivity contribution in [1.82, 2.24) is 4.90 Å². The third-order valence-electron chi connectivity index (χ3n) is 5.91. The standard InChI is InChI=1S/C31H31ClN2O4S/c1-5-8-23-17-22(18-27(37-7-3)29(23)38-20-21-9-11-24(32)12-10-21)19-28-30(35)34(6-2)31(39-28)33-25-13-15-26(36-4)16-14-25/h5,9-19H,1,6-8,20H2,2-4H3/b28-19+,33-31?. The summed E-state index contributed by atoms with van der Waals surface area (Å²) in [4.78, 5) is 20.3. The van der Waals surface area contributed by atoms with Gasteiger partial charge < -0.3 is 14.2 Å². The second-order valence-electron chi connectivity index (χ2n) is 8.60. The van der Waals surface area contributed by atoms with Gasteiger partial charge in [0.1, 0.15) is 12.4 Å². The molecule has 1 saturated heterocycles. The number of aliphatic imine (C=N–C) groups is 1. The van der Waals surface area contributed by atoms with Crippen LogP contribution in [0, 0.1) is 0 Å². The average molecular weight is 563 g/mol. The smallest absolute Gasteiger partial charge is 0.266 e. The number of carbonyl (C=O) groups excluding carboxylic acids is 1. The first kappa shape index (κ1) is 28.3. The normalized spacial score (nSPS) is 15.2. The van der Waals surface area contributed by atoms with Gasteiger partial charge in [0.2, 0.25) is 0 Å². The Labute approximate surface area is 238 Å². The molecule has 1 aliphatic heterocycles. The van der Waals surface area contributed by atoms with E-state index in [1.807, 2.05) is 86.7 Å². The van der Waals surface area contributed by atoms with E-state index < -0.39 is 0 Å². The number of halogens is 1. The zero-order valence-corrected chi connectivity index (χ0v) is 23.8. The average Bonchev–Trinajstić information content (AvgIpc) is 3.23. The second kappa shape index (κ2) is 13.4. The van der Waals surface area contributed by atoms with E-state index in [0.29, 0.717) is 52.8 Å². The largest absolute Gasteiger partial charge is 0.497 e. The summed E-state index contributed by atoms with van der Waals surface area (Å²) in [5.41, 5.74) is 3.51. The fraction of sp³-hybridized carbons (Fsp3) is 0.226. The third kappa shape index (κ3) is 7.05. The second-order valence-corrected chi connectivity index (χ2v) is 10.0. The zero-order valence-electron chi connectivity index (χ0n) is 22.3. The molecule has 3 aromatic rings. The number of hydrogen-bond acceptors (Lipinski definition) is 6. The molecule has 0 N–H and O–H groups in total. The maximum atomic E-state index is 13.3. The summed E-state index contributed by atoms with van der Waals surface area (Å²) in [5, 5.41) is 1.31. The van der Waals surface area contributed by atoms with E-state index in [-0.39, 0.29) is 5.91 Å². The van der Waals surface area contributed by atoms with Crippen LogP contribution in [0.1, 0.15) is 30.5 Å². The molecular weight excluding hydrogens is 532 g/mol. The van der Waals surface area contributed by atoms with Gasteiger partial charge in [0.25, 0.3) is 5.91 Å². The van der Waals surface area contributed by atoms with Crippen LogP contribution in [0.25, 0.3) is 6.08 Å². The van der Waals surface area contributed by atoms with E-state index in [2.05, 4.69) is 6.58 Å². The van der Waals surface area contributed by atoms with Gasteiger partial charge in [-0.3, -0.25) is 9.69 Å². The Morgan fingerprint density at radius 3 is 2.44 bits per heavy atom. The highest BCUT2D eigenvalue weighted by Crippen LogP contribution is 2.38. The van der Waals surface area contributed by atoms with Crippen LogP contribution in [0.4, 0.5) is 5.69 Å². The number of thioether (sulfide) groups is 1. The number of ether oxygens (including phenoxy) is 3. The highest BCUT2D eigenvalue weighted by Gasteiger charge is 2.32. The molecule has 3 aromatic carbocycles. The highest BCUT2D eigenvalue weighted by atomic mass is 35.5. The predicted octanol–water partition coefficient (Wildman–Crippen LogP) is 7.68. The van der Waals surface area contributed by atoms with Crippen molar-refractivity contribution in [2.45, 2.75) is 26.9 Å². The number of carbonyl (C=O) groups is 1. The molecule has 4 rings (SSSR count).